The molecule has 1 saturated heterocycles. The van der Waals surface area contributed by atoms with Gasteiger partial charge in [0.2, 0.25) is 15.9 Å². The summed E-state index contributed by atoms with van der Waals surface area (Å²) in [6.07, 6.45) is 2.93. The van der Waals surface area contributed by atoms with Crippen molar-refractivity contribution in [3.05, 3.63) is 48.0 Å². The van der Waals surface area contributed by atoms with Gasteiger partial charge in [-0.2, -0.15) is 9.57 Å². The van der Waals surface area contributed by atoms with Crippen molar-refractivity contribution in [3.63, 3.8) is 0 Å². The molecule has 1 aliphatic heterocycles. The molecule has 0 aromatic heterocycles. The fourth-order valence-electron chi connectivity index (χ4n) is 4.21. The van der Waals surface area contributed by atoms with E-state index in [1.54, 1.807) is 18.2 Å². The molecule has 0 radical (unpaired) electrons. The third kappa shape index (κ3) is 4.54. The Hall–Kier alpha value is -3.09. The maximum Gasteiger partial charge on any atom is 0.243 e. The van der Waals surface area contributed by atoms with Gasteiger partial charge in [0.05, 0.1) is 36.5 Å². The number of anilines is 1. The predicted octanol–water partition coefficient (Wildman–Crippen LogP) is 3.30. The maximum absolute atomic E-state index is 13.2. The average molecular weight is 470 g/mol. The van der Waals surface area contributed by atoms with Gasteiger partial charge in [-0.1, -0.05) is 12.1 Å². The molecule has 9 heteroatoms. The van der Waals surface area contributed by atoms with E-state index < -0.39 is 15.9 Å². The lowest BCUT2D eigenvalue weighted by Crippen LogP contribution is -2.43. The second-order valence-corrected chi connectivity index (χ2v) is 10.4. The zero-order valence-electron chi connectivity index (χ0n) is 18.7. The number of hydrogen-bond donors (Lipinski definition) is 1. The van der Waals surface area contributed by atoms with Crippen LogP contribution in [0, 0.1) is 17.2 Å². The second-order valence-electron chi connectivity index (χ2n) is 8.48. The van der Waals surface area contributed by atoms with Crippen LogP contribution in [-0.2, 0) is 20.2 Å². The van der Waals surface area contributed by atoms with Crippen LogP contribution < -0.4 is 14.8 Å². The number of piperidine rings is 1. The van der Waals surface area contributed by atoms with Crippen molar-refractivity contribution < 1.29 is 22.7 Å². The second kappa shape index (κ2) is 9.04. The number of carbonyl (C=O) groups excluding carboxylic acids is 1. The van der Waals surface area contributed by atoms with Crippen LogP contribution in [0.2, 0.25) is 0 Å². The number of nitrogens with one attached hydrogen (secondary N) is 1. The van der Waals surface area contributed by atoms with E-state index in [1.807, 2.05) is 12.1 Å². The zero-order valence-corrected chi connectivity index (χ0v) is 19.5. The van der Waals surface area contributed by atoms with Crippen molar-refractivity contribution in [2.24, 2.45) is 5.92 Å². The molecule has 1 saturated carbocycles. The Morgan fingerprint density at radius 2 is 1.82 bits per heavy atom. The molecule has 2 aromatic carbocycles. The van der Waals surface area contributed by atoms with E-state index in [0.717, 1.165) is 18.4 Å². The van der Waals surface area contributed by atoms with E-state index in [-0.39, 0.29) is 22.8 Å². The highest BCUT2D eigenvalue weighted by molar-refractivity contribution is 7.89. The summed E-state index contributed by atoms with van der Waals surface area (Å²) in [6, 6.07) is 14.2. The van der Waals surface area contributed by atoms with Gasteiger partial charge in [0.1, 0.15) is 0 Å². The highest BCUT2D eigenvalue weighted by atomic mass is 32.2. The number of sulfonamides is 1. The first-order chi connectivity index (χ1) is 15.8. The normalized spacial score (nSPS) is 19.8. The average Bonchev–Trinajstić information content (AvgIpc) is 3.65. The van der Waals surface area contributed by atoms with Crippen LogP contribution in [0.4, 0.5) is 5.69 Å². The van der Waals surface area contributed by atoms with Gasteiger partial charge in [0, 0.05) is 24.8 Å². The van der Waals surface area contributed by atoms with E-state index in [4.69, 9.17) is 9.47 Å². The maximum atomic E-state index is 13.2. The number of rotatable bonds is 7. The Balaban J connectivity index is 1.44. The Labute approximate surface area is 194 Å². The monoisotopic (exact) mass is 469 g/mol. The van der Waals surface area contributed by atoms with Crippen LogP contribution in [0.15, 0.2) is 47.4 Å². The molecule has 174 valence electrons. The number of benzene rings is 2. The van der Waals surface area contributed by atoms with Crippen LogP contribution in [0.25, 0.3) is 0 Å². The molecule has 1 N–H and O–H groups in total. The van der Waals surface area contributed by atoms with E-state index in [9.17, 15) is 18.5 Å². The van der Waals surface area contributed by atoms with Crippen LogP contribution in [-0.4, -0.2) is 45.9 Å². The molecule has 2 fully saturated rings. The molecule has 1 heterocycles. The Kier molecular flexibility index (Phi) is 6.32. The van der Waals surface area contributed by atoms with Crippen molar-refractivity contribution in [2.75, 3.05) is 32.6 Å². The van der Waals surface area contributed by atoms with Gasteiger partial charge in [0.25, 0.3) is 0 Å². The highest BCUT2D eigenvalue weighted by Gasteiger charge is 2.44. The van der Waals surface area contributed by atoms with Gasteiger partial charge in [-0.3, -0.25) is 4.79 Å². The first-order valence-electron chi connectivity index (χ1n) is 10.9. The van der Waals surface area contributed by atoms with Gasteiger partial charge in [-0.15, -0.1) is 0 Å². The van der Waals surface area contributed by atoms with Gasteiger partial charge < -0.3 is 14.8 Å². The zero-order chi connectivity index (χ0) is 23.6. The predicted molar refractivity (Wildman–Crippen MR) is 123 cm³/mol. The Morgan fingerprint density at radius 1 is 1.12 bits per heavy atom. The lowest BCUT2D eigenvalue weighted by Gasteiger charge is -2.31. The van der Waals surface area contributed by atoms with Gasteiger partial charge in [-0.25, -0.2) is 8.42 Å². The van der Waals surface area contributed by atoms with E-state index >= 15 is 0 Å². The molecule has 4 rings (SSSR count). The lowest BCUT2D eigenvalue weighted by molar-refractivity contribution is -0.120. The quantitative estimate of drug-likeness (QED) is 0.667. The van der Waals surface area contributed by atoms with Crippen molar-refractivity contribution in [2.45, 2.75) is 36.0 Å². The van der Waals surface area contributed by atoms with E-state index in [2.05, 4.69) is 11.4 Å². The third-order valence-electron chi connectivity index (χ3n) is 6.42. The molecule has 2 aliphatic rings. The van der Waals surface area contributed by atoms with E-state index in [0.29, 0.717) is 36.6 Å². The standard InChI is InChI=1S/C24H27N3O5S/c1-31-21-10-9-20(14-22(21)32-2)33(29,30)27-13-3-4-17(15-27)23(28)26-19-7-5-18(6-8-19)24(16-25)11-12-24/h5-10,14,17H,3-4,11-13,15H2,1-2H3,(H,26,28)/t17-/m0/s1. The number of ether oxygens (including phenoxy) is 2. The molecule has 0 bridgehead atoms. The fourth-order valence-corrected chi connectivity index (χ4v) is 5.75. The number of nitrogens with zero attached hydrogens (tertiary/aromatic N) is 2. The minimum Gasteiger partial charge on any atom is -0.493 e. The smallest absolute Gasteiger partial charge is 0.243 e. The number of amides is 1. The summed E-state index contributed by atoms with van der Waals surface area (Å²) in [5.41, 5.74) is 1.23. The Morgan fingerprint density at radius 3 is 2.42 bits per heavy atom. The topological polar surface area (TPSA) is 109 Å². The highest BCUT2D eigenvalue weighted by Crippen LogP contribution is 2.47. The van der Waals surface area contributed by atoms with Crippen molar-refractivity contribution in [3.8, 4) is 17.6 Å². The van der Waals surface area contributed by atoms with Crippen LogP contribution in [0.1, 0.15) is 31.2 Å². The molecule has 0 spiro atoms. The van der Waals surface area contributed by atoms with Crippen LogP contribution in [0.3, 0.4) is 0 Å². The van der Waals surface area contributed by atoms with Crippen LogP contribution in [0.5, 0.6) is 11.5 Å². The number of methoxy groups -OCH3 is 2. The number of nitriles is 1. The third-order valence-corrected chi connectivity index (χ3v) is 8.28. The molecule has 0 unspecified atom stereocenters. The molecular weight excluding hydrogens is 442 g/mol. The summed E-state index contributed by atoms with van der Waals surface area (Å²) < 4.78 is 38.2. The molecular formula is C24H27N3O5S. The molecule has 1 aliphatic carbocycles. The summed E-state index contributed by atoms with van der Waals surface area (Å²) in [5.74, 6) is 0.108. The minimum absolute atomic E-state index is 0.100. The summed E-state index contributed by atoms with van der Waals surface area (Å²) in [7, 11) is -0.851. The fraction of sp³-hybridized carbons (Fsp3) is 0.417. The lowest BCUT2D eigenvalue weighted by atomic mass is 9.97. The first kappa shape index (κ1) is 23.1. The van der Waals surface area contributed by atoms with Crippen molar-refractivity contribution in [1.29, 1.82) is 5.26 Å². The minimum atomic E-state index is -3.79. The molecule has 33 heavy (non-hydrogen) atoms. The van der Waals surface area contributed by atoms with Gasteiger partial charge >= 0.3 is 0 Å². The van der Waals surface area contributed by atoms with Gasteiger partial charge in [0.15, 0.2) is 11.5 Å². The van der Waals surface area contributed by atoms with Gasteiger partial charge in [-0.05, 0) is 55.5 Å². The summed E-state index contributed by atoms with van der Waals surface area (Å²) >= 11 is 0. The summed E-state index contributed by atoms with van der Waals surface area (Å²) in [6.45, 7) is 0.462. The molecule has 1 amide bonds. The molecule has 2 aromatic rings. The summed E-state index contributed by atoms with van der Waals surface area (Å²) in [5, 5.41) is 12.2. The number of carbonyl (C=O) groups is 1. The molecule has 1 atom stereocenters. The SMILES string of the molecule is COc1ccc(S(=O)(=O)N2CCC[C@H](C(=O)Nc3ccc(C4(C#N)CC4)cc3)C2)cc1OC. The number of hydrogen-bond acceptors (Lipinski definition) is 6. The van der Waals surface area contributed by atoms with Crippen molar-refractivity contribution in [1.82, 2.24) is 4.31 Å². The first-order valence-corrected chi connectivity index (χ1v) is 12.3. The Bertz CT molecular complexity index is 1180. The largest absolute Gasteiger partial charge is 0.493 e. The van der Waals surface area contributed by atoms with Crippen molar-refractivity contribution >= 4 is 21.6 Å². The van der Waals surface area contributed by atoms with E-state index in [1.165, 1.54) is 30.7 Å². The summed E-state index contributed by atoms with van der Waals surface area (Å²) in [4.78, 5) is 13.0. The van der Waals surface area contributed by atoms with Crippen LogP contribution >= 0.6 is 0 Å². The molecule has 8 nitrogen and oxygen atoms in total.